The molecule has 4 rings (SSSR count). The normalized spacial score (nSPS) is 12.1. The van der Waals surface area contributed by atoms with Gasteiger partial charge in [-0.05, 0) is 49.4 Å². The molecule has 1 amide bonds. The molecule has 3 aromatic rings. The molecule has 9 heteroatoms. The number of methoxy groups -OCH3 is 1. The van der Waals surface area contributed by atoms with Gasteiger partial charge in [0.2, 0.25) is 12.7 Å². The van der Waals surface area contributed by atoms with Crippen LogP contribution in [0.2, 0.25) is 0 Å². The predicted molar refractivity (Wildman–Crippen MR) is 105 cm³/mol. The molecular weight excluding hydrogens is 376 g/mol. The van der Waals surface area contributed by atoms with Gasteiger partial charge < -0.3 is 24.3 Å². The van der Waals surface area contributed by atoms with Gasteiger partial charge in [-0.3, -0.25) is 4.79 Å². The van der Waals surface area contributed by atoms with E-state index in [0.717, 1.165) is 11.3 Å². The van der Waals surface area contributed by atoms with E-state index in [4.69, 9.17) is 18.9 Å². The number of carbonyl (C=O) groups is 1. The molecule has 0 saturated heterocycles. The minimum absolute atomic E-state index is 0.00317. The number of hydrogen-bond donors (Lipinski definition) is 1. The van der Waals surface area contributed by atoms with Crippen molar-refractivity contribution in [3.8, 4) is 34.6 Å². The average molecular weight is 396 g/mol. The van der Waals surface area contributed by atoms with Gasteiger partial charge in [0.05, 0.1) is 12.3 Å². The lowest BCUT2D eigenvalue weighted by atomic mass is 10.2. The van der Waals surface area contributed by atoms with Crippen molar-refractivity contribution >= 4 is 11.6 Å². The van der Waals surface area contributed by atoms with Crippen molar-refractivity contribution in [2.45, 2.75) is 6.92 Å². The number of anilines is 1. The van der Waals surface area contributed by atoms with Crippen LogP contribution >= 0.6 is 0 Å². The maximum absolute atomic E-state index is 11.7. The zero-order valence-corrected chi connectivity index (χ0v) is 16.0. The Bertz CT molecular complexity index is 1020. The van der Waals surface area contributed by atoms with Gasteiger partial charge in [0.15, 0.2) is 17.3 Å². The number of carbonyl (C=O) groups excluding carboxylic acids is 1. The standard InChI is InChI=1S/C20H20N4O5/c1-3-27-20-22-19(13-4-9-16-17(10-13)29-12-28-16)24(23-20)15-7-5-14(6-8-15)21-18(25)11-26-2/h4-10H,3,11-12H2,1-2H3,(H,21,25). The highest BCUT2D eigenvalue weighted by molar-refractivity contribution is 5.91. The number of ether oxygens (including phenoxy) is 4. The molecule has 1 aliphatic heterocycles. The molecule has 0 radical (unpaired) electrons. The summed E-state index contributed by atoms with van der Waals surface area (Å²) in [5.74, 6) is 1.73. The van der Waals surface area contributed by atoms with Gasteiger partial charge in [-0.2, -0.15) is 4.98 Å². The van der Waals surface area contributed by atoms with Crippen LogP contribution in [0.15, 0.2) is 42.5 Å². The van der Waals surface area contributed by atoms with E-state index in [0.29, 0.717) is 29.6 Å². The Morgan fingerprint density at radius 3 is 2.72 bits per heavy atom. The molecule has 0 fully saturated rings. The lowest BCUT2D eigenvalue weighted by molar-refractivity contribution is -0.119. The average Bonchev–Trinajstić information content (AvgIpc) is 3.35. The van der Waals surface area contributed by atoms with Crippen molar-refractivity contribution in [1.29, 1.82) is 0 Å². The number of aromatic nitrogens is 3. The summed E-state index contributed by atoms with van der Waals surface area (Å²) in [6.45, 7) is 2.52. The van der Waals surface area contributed by atoms with Crippen LogP contribution < -0.4 is 19.5 Å². The molecule has 2 heterocycles. The van der Waals surface area contributed by atoms with Crippen molar-refractivity contribution in [3.63, 3.8) is 0 Å². The first-order valence-electron chi connectivity index (χ1n) is 9.07. The maximum Gasteiger partial charge on any atom is 0.336 e. The zero-order valence-electron chi connectivity index (χ0n) is 16.0. The van der Waals surface area contributed by atoms with Gasteiger partial charge in [0.1, 0.15) is 6.61 Å². The number of nitrogens with zero attached hydrogens (tertiary/aromatic N) is 3. The summed E-state index contributed by atoms with van der Waals surface area (Å²) in [5, 5.41) is 7.22. The Morgan fingerprint density at radius 2 is 1.97 bits per heavy atom. The summed E-state index contributed by atoms with van der Waals surface area (Å²) in [6, 6.07) is 13.1. The van der Waals surface area contributed by atoms with E-state index in [9.17, 15) is 4.79 Å². The van der Waals surface area contributed by atoms with Gasteiger partial charge in [-0.25, -0.2) is 4.68 Å². The lowest BCUT2D eigenvalue weighted by Gasteiger charge is -2.08. The van der Waals surface area contributed by atoms with Crippen molar-refractivity contribution < 1.29 is 23.7 Å². The van der Waals surface area contributed by atoms with E-state index in [1.165, 1.54) is 7.11 Å². The van der Waals surface area contributed by atoms with Crippen LogP contribution in [0.4, 0.5) is 5.69 Å². The van der Waals surface area contributed by atoms with Gasteiger partial charge in [0.25, 0.3) is 0 Å². The minimum atomic E-state index is -0.222. The Hall–Kier alpha value is -3.59. The quantitative estimate of drug-likeness (QED) is 0.656. The summed E-state index contributed by atoms with van der Waals surface area (Å²) in [6.07, 6.45) is 0. The molecule has 1 N–H and O–H groups in total. The van der Waals surface area contributed by atoms with Crippen molar-refractivity contribution in [3.05, 3.63) is 42.5 Å². The van der Waals surface area contributed by atoms with Crippen LogP contribution in [0.5, 0.6) is 17.5 Å². The number of fused-ring (bicyclic) bond motifs is 1. The van der Waals surface area contributed by atoms with Gasteiger partial charge in [0, 0.05) is 18.4 Å². The molecule has 150 valence electrons. The highest BCUT2D eigenvalue weighted by Gasteiger charge is 2.19. The number of nitrogens with one attached hydrogen (secondary N) is 1. The van der Waals surface area contributed by atoms with Crippen LogP contribution in [0, 0.1) is 0 Å². The fraction of sp³-hybridized carbons (Fsp3) is 0.250. The van der Waals surface area contributed by atoms with Crippen LogP contribution in [-0.4, -0.2) is 47.8 Å². The fourth-order valence-corrected chi connectivity index (χ4v) is 2.90. The van der Waals surface area contributed by atoms with E-state index in [2.05, 4.69) is 15.4 Å². The summed E-state index contributed by atoms with van der Waals surface area (Å²) >= 11 is 0. The molecular formula is C20H20N4O5. The number of benzene rings is 2. The number of rotatable bonds is 7. The van der Waals surface area contributed by atoms with Crippen LogP contribution in [-0.2, 0) is 9.53 Å². The Balaban J connectivity index is 1.67. The molecule has 0 unspecified atom stereocenters. The smallest absolute Gasteiger partial charge is 0.336 e. The largest absolute Gasteiger partial charge is 0.463 e. The predicted octanol–water partition coefficient (Wildman–Crippen LogP) is 2.65. The molecule has 2 aromatic carbocycles. The van der Waals surface area contributed by atoms with E-state index >= 15 is 0 Å². The van der Waals surface area contributed by atoms with Gasteiger partial charge in [-0.1, -0.05) is 0 Å². The zero-order chi connectivity index (χ0) is 20.2. The highest BCUT2D eigenvalue weighted by Crippen LogP contribution is 2.36. The van der Waals surface area contributed by atoms with Gasteiger partial charge in [-0.15, -0.1) is 5.10 Å². The summed E-state index contributed by atoms with van der Waals surface area (Å²) < 4.78 is 22.9. The monoisotopic (exact) mass is 396 g/mol. The van der Waals surface area contributed by atoms with Crippen molar-refractivity contribution in [2.24, 2.45) is 0 Å². The van der Waals surface area contributed by atoms with E-state index in [1.54, 1.807) is 16.8 Å². The molecule has 0 spiro atoms. The first kappa shape index (κ1) is 18.8. The van der Waals surface area contributed by atoms with Crippen LogP contribution in [0.3, 0.4) is 0 Å². The molecule has 1 aromatic heterocycles. The Kier molecular flexibility index (Phi) is 5.30. The second-order valence-corrected chi connectivity index (χ2v) is 6.16. The first-order chi connectivity index (χ1) is 14.2. The summed E-state index contributed by atoms with van der Waals surface area (Å²) in [4.78, 5) is 16.2. The summed E-state index contributed by atoms with van der Waals surface area (Å²) in [5.41, 5.74) is 2.23. The lowest BCUT2D eigenvalue weighted by Crippen LogP contribution is -2.17. The third-order valence-electron chi connectivity index (χ3n) is 4.16. The summed E-state index contributed by atoms with van der Waals surface area (Å²) in [7, 11) is 1.47. The molecule has 0 saturated carbocycles. The van der Waals surface area contributed by atoms with Gasteiger partial charge >= 0.3 is 6.01 Å². The third kappa shape index (κ3) is 3.99. The maximum atomic E-state index is 11.7. The van der Waals surface area contributed by atoms with E-state index in [-0.39, 0.29) is 25.3 Å². The van der Waals surface area contributed by atoms with Crippen molar-refractivity contribution in [2.75, 3.05) is 32.4 Å². The van der Waals surface area contributed by atoms with E-state index in [1.807, 2.05) is 37.3 Å². The Labute approximate surface area is 167 Å². The Morgan fingerprint density at radius 1 is 1.17 bits per heavy atom. The topological polar surface area (TPSA) is 96.7 Å². The minimum Gasteiger partial charge on any atom is -0.463 e. The molecule has 0 bridgehead atoms. The van der Waals surface area contributed by atoms with E-state index < -0.39 is 0 Å². The molecule has 9 nitrogen and oxygen atoms in total. The number of amides is 1. The molecule has 0 aliphatic carbocycles. The molecule has 29 heavy (non-hydrogen) atoms. The van der Waals surface area contributed by atoms with Crippen LogP contribution in [0.25, 0.3) is 17.1 Å². The molecule has 1 aliphatic rings. The molecule has 0 atom stereocenters. The number of hydrogen-bond acceptors (Lipinski definition) is 7. The third-order valence-corrected chi connectivity index (χ3v) is 4.16. The van der Waals surface area contributed by atoms with Crippen LogP contribution in [0.1, 0.15) is 6.92 Å². The second kappa shape index (κ2) is 8.19. The fourth-order valence-electron chi connectivity index (χ4n) is 2.90. The van der Waals surface area contributed by atoms with Crippen molar-refractivity contribution in [1.82, 2.24) is 14.8 Å². The highest BCUT2D eigenvalue weighted by atomic mass is 16.7. The first-order valence-corrected chi connectivity index (χ1v) is 9.07. The second-order valence-electron chi connectivity index (χ2n) is 6.16. The SMILES string of the molecule is CCOc1nc(-c2ccc3c(c2)OCO3)n(-c2ccc(NC(=O)COC)cc2)n1.